The smallest absolute Gasteiger partial charge is 0.481 e. The molecule has 0 fully saturated rings. The van der Waals surface area contributed by atoms with Crippen LogP contribution in [0.1, 0.15) is 19.8 Å². The number of carboxylic acid groups (broad SMARTS) is 1. The van der Waals surface area contributed by atoms with E-state index in [1.165, 1.54) is 12.1 Å². The van der Waals surface area contributed by atoms with Crippen LogP contribution in [0.15, 0.2) is 35.9 Å². The highest BCUT2D eigenvalue weighted by Crippen LogP contribution is 2.31. The van der Waals surface area contributed by atoms with Crippen LogP contribution < -0.4 is 10.1 Å². The van der Waals surface area contributed by atoms with Gasteiger partial charge in [0.1, 0.15) is 5.75 Å². The number of hydrogen-bond donors (Lipinski definition) is 2. The van der Waals surface area contributed by atoms with Gasteiger partial charge in [0.05, 0.1) is 11.8 Å². The fourth-order valence-corrected chi connectivity index (χ4v) is 2.59. The van der Waals surface area contributed by atoms with Crippen LogP contribution in [0.5, 0.6) is 5.75 Å². The Morgan fingerprint density at radius 3 is 2.38 bits per heavy atom. The van der Waals surface area contributed by atoms with Gasteiger partial charge in [0.2, 0.25) is 5.91 Å². The van der Waals surface area contributed by atoms with Gasteiger partial charge in [-0.3, -0.25) is 9.59 Å². The summed E-state index contributed by atoms with van der Waals surface area (Å²) in [5, 5.41) is 11.8. The van der Waals surface area contributed by atoms with Crippen molar-refractivity contribution < 1.29 is 32.6 Å². The predicted molar refractivity (Wildman–Crippen MR) is 79.4 cm³/mol. The maximum absolute atomic E-state index is 12.3. The number of carbonyl (C=O) groups is 2. The first-order chi connectivity index (χ1) is 11.2. The van der Waals surface area contributed by atoms with Crippen molar-refractivity contribution in [2.24, 2.45) is 11.8 Å². The zero-order valence-electron chi connectivity index (χ0n) is 12.8. The molecular formula is C16H16F3NO4. The molecule has 5 nitrogen and oxygen atoms in total. The van der Waals surface area contributed by atoms with Crippen LogP contribution in [0, 0.1) is 11.8 Å². The van der Waals surface area contributed by atoms with Crippen molar-refractivity contribution in [3.63, 3.8) is 0 Å². The van der Waals surface area contributed by atoms with Crippen molar-refractivity contribution >= 4 is 17.6 Å². The minimum absolute atomic E-state index is 0.269. The van der Waals surface area contributed by atoms with Gasteiger partial charge >= 0.3 is 12.3 Å². The minimum Gasteiger partial charge on any atom is -0.481 e. The van der Waals surface area contributed by atoms with Crippen LogP contribution in [0.25, 0.3) is 0 Å². The SMILES string of the molecule is CC1=CC[C@@H](C(=O)O)[C@@H](C(=O)Nc2ccc(OC(F)(F)F)cc2)C1. The molecule has 0 saturated carbocycles. The number of carboxylic acids is 1. The monoisotopic (exact) mass is 343 g/mol. The maximum atomic E-state index is 12.3. The number of rotatable bonds is 4. The van der Waals surface area contributed by atoms with E-state index in [4.69, 9.17) is 0 Å². The lowest BCUT2D eigenvalue weighted by Gasteiger charge is -2.26. The van der Waals surface area contributed by atoms with Crippen LogP contribution in [-0.2, 0) is 9.59 Å². The van der Waals surface area contributed by atoms with E-state index < -0.39 is 35.8 Å². The van der Waals surface area contributed by atoms with E-state index in [2.05, 4.69) is 10.1 Å². The summed E-state index contributed by atoms with van der Waals surface area (Å²) in [6, 6.07) is 4.67. The highest BCUT2D eigenvalue weighted by molar-refractivity contribution is 5.95. The third-order valence-electron chi connectivity index (χ3n) is 3.76. The summed E-state index contributed by atoms with van der Waals surface area (Å²) in [4.78, 5) is 23.6. The van der Waals surface area contributed by atoms with E-state index in [9.17, 15) is 27.9 Å². The summed E-state index contributed by atoms with van der Waals surface area (Å²) in [6.45, 7) is 1.82. The Morgan fingerprint density at radius 2 is 1.83 bits per heavy atom. The summed E-state index contributed by atoms with van der Waals surface area (Å²) >= 11 is 0. The van der Waals surface area contributed by atoms with Crippen LogP contribution in [0.4, 0.5) is 18.9 Å². The molecule has 1 aliphatic carbocycles. The van der Waals surface area contributed by atoms with Gasteiger partial charge in [0.25, 0.3) is 0 Å². The molecule has 2 rings (SSSR count). The average molecular weight is 343 g/mol. The van der Waals surface area contributed by atoms with E-state index in [1.807, 2.05) is 6.92 Å². The molecule has 24 heavy (non-hydrogen) atoms. The van der Waals surface area contributed by atoms with E-state index >= 15 is 0 Å². The number of allylic oxidation sites excluding steroid dienone is 2. The summed E-state index contributed by atoms with van der Waals surface area (Å²) in [6.07, 6.45) is -2.38. The van der Waals surface area contributed by atoms with E-state index in [1.54, 1.807) is 6.08 Å². The molecule has 0 aromatic heterocycles. The first kappa shape index (κ1) is 17.8. The Labute approximate surface area is 136 Å². The van der Waals surface area contributed by atoms with Crippen LogP contribution in [0.3, 0.4) is 0 Å². The zero-order chi connectivity index (χ0) is 17.9. The van der Waals surface area contributed by atoms with Gasteiger partial charge in [-0.05, 0) is 44.0 Å². The molecule has 1 aromatic carbocycles. The Kier molecular flexibility index (Phi) is 5.16. The number of halogens is 3. The third kappa shape index (κ3) is 4.74. The Balaban J connectivity index is 2.05. The molecule has 0 radical (unpaired) electrons. The molecule has 0 saturated heterocycles. The minimum atomic E-state index is -4.79. The van der Waals surface area contributed by atoms with Crippen molar-refractivity contribution in [2.75, 3.05) is 5.32 Å². The Bertz CT molecular complexity index is 652. The predicted octanol–water partition coefficient (Wildman–Crippen LogP) is 3.58. The lowest BCUT2D eigenvalue weighted by Crippen LogP contribution is -2.35. The molecule has 0 spiro atoms. The number of benzene rings is 1. The molecule has 1 aliphatic rings. The highest BCUT2D eigenvalue weighted by Gasteiger charge is 2.35. The molecule has 2 atom stereocenters. The molecule has 8 heteroatoms. The second kappa shape index (κ2) is 6.94. The summed E-state index contributed by atoms with van der Waals surface area (Å²) in [5.41, 5.74) is 1.20. The number of hydrogen-bond acceptors (Lipinski definition) is 3. The van der Waals surface area contributed by atoms with Gasteiger partial charge in [-0.25, -0.2) is 0 Å². The molecule has 130 valence electrons. The Morgan fingerprint density at radius 1 is 1.21 bits per heavy atom. The van der Waals surface area contributed by atoms with Gasteiger partial charge in [-0.2, -0.15) is 0 Å². The van der Waals surface area contributed by atoms with Gasteiger partial charge in [-0.15, -0.1) is 13.2 Å². The molecule has 0 unspecified atom stereocenters. The largest absolute Gasteiger partial charge is 0.573 e. The fourth-order valence-electron chi connectivity index (χ4n) is 2.59. The molecule has 0 heterocycles. The first-order valence-corrected chi connectivity index (χ1v) is 7.21. The van der Waals surface area contributed by atoms with Crippen molar-refractivity contribution in [2.45, 2.75) is 26.1 Å². The van der Waals surface area contributed by atoms with Crippen molar-refractivity contribution in [3.05, 3.63) is 35.9 Å². The van der Waals surface area contributed by atoms with E-state index in [-0.39, 0.29) is 12.1 Å². The van der Waals surface area contributed by atoms with E-state index in [0.29, 0.717) is 6.42 Å². The molecule has 0 aliphatic heterocycles. The number of anilines is 1. The van der Waals surface area contributed by atoms with Crippen molar-refractivity contribution in [3.8, 4) is 5.75 Å². The lowest BCUT2D eigenvalue weighted by atomic mass is 9.79. The van der Waals surface area contributed by atoms with Gasteiger partial charge < -0.3 is 15.2 Å². The molecule has 0 bridgehead atoms. The van der Waals surface area contributed by atoms with Crippen LogP contribution >= 0.6 is 0 Å². The first-order valence-electron chi connectivity index (χ1n) is 7.21. The van der Waals surface area contributed by atoms with E-state index in [0.717, 1.165) is 17.7 Å². The summed E-state index contributed by atoms with van der Waals surface area (Å²) in [5.74, 6) is -3.47. The van der Waals surface area contributed by atoms with Crippen LogP contribution in [-0.4, -0.2) is 23.3 Å². The second-order valence-electron chi connectivity index (χ2n) is 5.60. The third-order valence-corrected chi connectivity index (χ3v) is 3.76. The molecule has 1 amide bonds. The second-order valence-corrected chi connectivity index (χ2v) is 5.60. The van der Waals surface area contributed by atoms with Gasteiger partial charge in [-0.1, -0.05) is 11.6 Å². The number of carbonyl (C=O) groups excluding carboxylic acids is 1. The summed E-state index contributed by atoms with van der Waals surface area (Å²) in [7, 11) is 0. The lowest BCUT2D eigenvalue weighted by molar-refractivity contribution is -0.274. The number of alkyl halides is 3. The highest BCUT2D eigenvalue weighted by atomic mass is 19.4. The summed E-state index contributed by atoms with van der Waals surface area (Å²) < 4.78 is 40.0. The van der Waals surface area contributed by atoms with Crippen LogP contribution in [0.2, 0.25) is 0 Å². The molecule has 2 N–H and O–H groups in total. The standard InChI is InChI=1S/C16H16F3NO4/c1-9-2-7-12(15(22)23)13(8-9)14(21)20-10-3-5-11(6-4-10)24-16(17,18)19/h2-6,12-13H,7-8H2,1H3,(H,20,21)(H,22,23)/t12-,13+/m1/s1. The maximum Gasteiger partial charge on any atom is 0.573 e. The number of nitrogens with one attached hydrogen (secondary N) is 1. The molecule has 1 aromatic rings. The van der Waals surface area contributed by atoms with Crippen molar-refractivity contribution in [1.82, 2.24) is 0 Å². The fraction of sp³-hybridized carbons (Fsp3) is 0.375. The normalized spacial score (nSPS) is 20.9. The number of aliphatic carboxylic acids is 1. The van der Waals surface area contributed by atoms with Gasteiger partial charge in [0.15, 0.2) is 0 Å². The number of amides is 1. The quantitative estimate of drug-likeness (QED) is 0.820. The molecular weight excluding hydrogens is 327 g/mol. The average Bonchev–Trinajstić information content (AvgIpc) is 2.47. The van der Waals surface area contributed by atoms with Crippen molar-refractivity contribution in [1.29, 1.82) is 0 Å². The topological polar surface area (TPSA) is 75.6 Å². The zero-order valence-corrected chi connectivity index (χ0v) is 12.8. The Hall–Kier alpha value is -2.51. The van der Waals surface area contributed by atoms with Gasteiger partial charge in [0, 0.05) is 5.69 Å². The number of ether oxygens (including phenoxy) is 1.